The molecule has 2 heterocycles. The summed E-state index contributed by atoms with van der Waals surface area (Å²) in [6.45, 7) is 6.50. The molecule has 0 aliphatic rings. The number of benzene rings is 1. The molecule has 1 aromatic carbocycles. The van der Waals surface area contributed by atoms with Crippen LogP contribution in [0.25, 0.3) is 11.3 Å². The van der Waals surface area contributed by atoms with Gasteiger partial charge in [-0.1, -0.05) is 44.2 Å². The molecule has 0 spiro atoms. The molecule has 0 aliphatic carbocycles. The van der Waals surface area contributed by atoms with Gasteiger partial charge in [-0.25, -0.2) is 9.97 Å². The van der Waals surface area contributed by atoms with Gasteiger partial charge < -0.3 is 9.13 Å². The Morgan fingerprint density at radius 3 is 2.57 bits per heavy atom. The minimum atomic E-state index is 0.613. The van der Waals surface area contributed by atoms with Crippen molar-refractivity contribution in [2.45, 2.75) is 39.8 Å². The lowest BCUT2D eigenvalue weighted by molar-refractivity contribution is 0.532. The molecule has 0 N–H and O–H groups in total. The molecule has 0 fully saturated rings. The largest absolute Gasteiger partial charge is 0.337 e. The molecule has 0 radical (unpaired) electrons. The Morgan fingerprint density at radius 2 is 1.87 bits per heavy atom. The molecule has 2 aromatic heterocycles. The molecule has 3 rings (SSSR count). The second-order valence-electron chi connectivity index (χ2n) is 6.35. The SMILES string of the molecule is CC(C)Cc1c(-c2ccccc2)ncn1CCCn1ccnc1. The monoisotopic (exact) mass is 308 g/mol. The van der Waals surface area contributed by atoms with Gasteiger partial charge in [0.1, 0.15) is 0 Å². The van der Waals surface area contributed by atoms with E-state index in [0.29, 0.717) is 5.92 Å². The first-order valence-corrected chi connectivity index (χ1v) is 8.29. The molecule has 0 atom stereocenters. The first-order valence-electron chi connectivity index (χ1n) is 8.29. The maximum absolute atomic E-state index is 4.70. The summed E-state index contributed by atoms with van der Waals surface area (Å²) < 4.78 is 4.44. The molecule has 3 aromatic rings. The van der Waals surface area contributed by atoms with Crippen LogP contribution in [0.4, 0.5) is 0 Å². The van der Waals surface area contributed by atoms with Crippen LogP contribution in [0.15, 0.2) is 55.4 Å². The Kier molecular flexibility index (Phi) is 4.91. The van der Waals surface area contributed by atoms with Crippen molar-refractivity contribution in [2.75, 3.05) is 0 Å². The van der Waals surface area contributed by atoms with Crippen LogP contribution in [0.2, 0.25) is 0 Å². The quantitative estimate of drug-likeness (QED) is 0.660. The Balaban J connectivity index is 1.77. The highest BCUT2D eigenvalue weighted by molar-refractivity contribution is 5.61. The molecular formula is C19H24N4. The van der Waals surface area contributed by atoms with Crippen LogP contribution in [-0.4, -0.2) is 19.1 Å². The fraction of sp³-hybridized carbons (Fsp3) is 0.368. The summed E-state index contributed by atoms with van der Waals surface area (Å²) in [6, 6.07) is 10.5. The summed E-state index contributed by atoms with van der Waals surface area (Å²) in [5, 5.41) is 0. The fourth-order valence-electron chi connectivity index (χ4n) is 2.88. The maximum Gasteiger partial charge on any atom is 0.0956 e. The van der Waals surface area contributed by atoms with E-state index in [1.165, 1.54) is 11.3 Å². The Morgan fingerprint density at radius 1 is 1.04 bits per heavy atom. The maximum atomic E-state index is 4.70. The highest BCUT2D eigenvalue weighted by Crippen LogP contribution is 2.24. The minimum absolute atomic E-state index is 0.613. The third-order valence-electron chi connectivity index (χ3n) is 3.97. The van der Waals surface area contributed by atoms with Crippen molar-refractivity contribution in [2.24, 2.45) is 5.92 Å². The number of hydrogen-bond acceptors (Lipinski definition) is 2. The average molecular weight is 308 g/mol. The van der Waals surface area contributed by atoms with Gasteiger partial charge in [0.25, 0.3) is 0 Å². The van der Waals surface area contributed by atoms with E-state index in [-0.39, 0.29) is 0 Å². The van der Waals surface area contributed by atoms with Crippen molar-refractivity contribution in [1.29, 1.82) is 0 Å². The molecule has 23 heavy (non-hydrogen) atoms. The zero-order chi connectivity index (χ0) is 16.1. The summed E-state index contributed by atoms with van der Waals surface area (Å²) in [6.07, 6.45) is 9.83. The molecule has 0 saturated carbocycles. The van der Waals surface area contributed by atoms with Crippen LogP contribution in [0.3, 0.4) is 0 Å². The van der Waals surface area contributed by atoms with E-state index in [2.05, 4.69) is 52.2 Å². The average Bonchev–Trinajstić information content (AvgIpc) is 3.19. The third-order valence-corrected chi connectivity index (χ3v) is 3.97. The first-order chi connectivity index (χ1) is 11.2. The predicted octanol–water partition coefficient (Wildman–Crippen LogP) is 4.04. The lowest BCUT2D eigenvalue weighted by Crippen LogP contribution is -2.08. The Labute approximate surface area is 137 Å². The zero-order valence-corrected chi connectivity index (χ0v) is 13.9. The first kappa shape index (κ1) is 15.5. The highest BCUT2D eigenvalue weighted by Gasteiger charge is 2.13. The van der Waals surface area contributed by atoms with Gasteiger partial charge in [0.2, 0.25) is 0 Å². The van der Waals surface area contributed by atoms with Crippen molar-refractivity contribution >= 4 is 0 Å². The minimum Gasteiger partial charge on any atom is -0.337 e. The van der Waals surface area contributed by atoms with Crippen molar-refractivity contribution < 1.29 is 0 Å². The number of rotatable bonds is 7. The number of nitrogens with zero attached hydrogens (tertiary/aromatic N) is 4. The van der Waals surface area contributed by atoms with Gasteiger partial charge in [-0.15, -0.1) is 0 Å². The van der Waals surface area contributed by atoms with Crippen LogP contribution in [0, 0.1) is 5.92 Å². The van der Waals surface area contributed by atoms with Crippen LogP contribution in [0.1, 0.15) is 26.0 Å². The fourth-order valence-corrected chi connectivity index (χ4v) is 2.88. The highest BCUT2D eigenvalue weighted by atomic mass is 15.1. The molecule has 0 unspecified atom stereocenters. The van der Waals surface area contributed by atoms with Gasteiger partial charge >= 0.3 is 0 Å². The van der Waals surface area contributed by atoms with Gasteiger partial charge in [0.15, 0.2) is 0 Å². The van der Waals surface area contributed by atoms with E-state index in [0.717, 1.165) is 31.6 Å². The van der Waals surface area contributed by atoms with Crippen LogP contribution in [0.5, 0.6) is 0 Å². The van der Waals surface area contributed by atoms with E-state index in [1.54, 1.807) is 0 Å². The van der Waals surface area contributed by atoms with E-state index in [9.17, 15) is 0 Å². The molecule has 0 aliphatic heterocycles. The lowest BCUT2D eigenvalue weighted by Gasteiger charge is -2.12. The molecule has 120 valence electrons. The van der Waals surface area contributed by atoms with E-state index < -0.39 is 0 Å². The van der Waals surface area contributed by atoms with E-state index in [4.69, 9.17) is 4.98 Å². The second-order valence-corrected chi connectivity index (χ2v) is 6.35. The third kappa shape index (κ3) is 3.89. The summed E-state index contributed by atoms with van der Waals surface area (Å²) in [4.78, 5) is 8.79. The van der Waals surface area contributed by atoms with Crippen molar-refractivity contribution in [3.05, 3.63) is 61.1 Å². The van der Waals surface area contributed by atoms with Gasteiger partial charge in [-0.05, 0) is 18.8 Å². The van der Waals surface area contributed by atoms with Gasteiger partial charge in [0, 0.05) is 36.7 Å². The summed E-state index contributed by atoms with van der Waals surface area (Å²) in [7, 11) is 0. The number of aryl methyl sites for hydroxylation is 2. The van der Waals surface area contributed by atoms with Gasteiger partial charge in [0.05, 0.1) is 18.3 Å². The molecule has 4 heteroatoms. The Bertz CT molecular complexity index is 711. The molecule has 0 saturated heterocycles. The van der Waals surface area contributed by atoms with Crippen molar-refractivity contribution in [1.82, 2.24) is 19.1 Å². The van der Waals surface area contributed by atoms with Crippen molar-refractivity contribution in [3.8, 4) is 11.3 Å². The molecular weight excluding hydrogens is 284 g/mol. The van der Waals surface area contributed by atoms with Crippen LogP contribution >= 0.6 is 0 Å². The summed E-state index contributed by atoms with van der Waals surface area (Å²) in [5.41, 5.74) is 3.68. The zero-order valence-electron chi connectivity index (χ0n) is 13.9. The van der Waals surface area contributed by atoms with E-state index >= 15 is 0 Å². The molecule has 0 amide bonds. The topological polar surface area (TPSA) is 35.6 Å². The smallest absolute Gasteiger partial charge is 0.0956 e. The predicted molar refractivity (Wildman–Crippen MR) is 93.0 cm³/mol. The van der Waals surface area contributed by atoms with Gasteiger partial charge in [-0.3, -0.25) is 0 Å². The van der Waals surface area contributed by atoms with Crippen LogP contribution in [-0.2, 0) is 19.5 Å². The van der Waals surface area contributed by atoms with E-state index in [1.807, 2.05) is 31.1 Å². The normalized spacial score (nSPS) is 11.3. The summed E-state index contributed by atoms with van der Waals surface area (Å²) in [5.74, 6) is 0.613. The standard InChI is InChI=1S/C19H24N4/c1-16(2)13-18-19(17-7-4-3-5-8-17)21-15-23(18)11-6-10-22-12-9-20-14-22/h3-5,7-9,12,14-16H,6,10-11,13H2,1-2H3. The number of imidazole rings is 2. The molecule has 0 bridgehead atoms. The van der Waals surface area contributed by atoms with Crippen molar-refractivity contribution in [3.63, 3.8) is 0 Å². The number of hydrogen-bond donors (Lipinski definition) is 0. The molecule has 4 nitrogen and oxygen atoms in total. The number of aromatic nitrogens is 4. The second kappa shape index (κ2) is 7.27. The lowest BCUT2D eigenvalue weighted by atomic mass is 10.0. The van der Waals surface area contributed by atoms with Gasteiger partial charge in [-0.2, -0.15) is 0 Å². The summed E-state index contributed by atoms with van der Waals surface area (Å²) >= 11 is 0. The Hall–Kier alpha value is -2.36. The van der Waals surface area contributed by atoms with Crippen LogP contribution < -0.4 is 0 Å².